The van der Waals surface area contributed by atoms with Gasteiger partial charge in [0.2, 0.25) is 3.42 Å². The van der Waals surface area contributed by atoms with Gasteiger partial charge in [-0.3, -0.25) is 9.59 Å². The lowest BCUT2D eigenvalue weighted by atomic mass is 10.1. The lowest BCUT2D eigenvalue weighted by Gasteiger charge is -2.14. The highest BCUT2D eigenvalue weighted by atomic mass is 127. The molecule has 0 rings (SSSR count). The number of rotatable bonds is 4. The fourth-order valence-corrected chi connectivity index (χ4v) is 0.776. The van der Waals surface area contributed by atoms with Crippen molar-refractivity contribution in [3.63, 3.8) is 0 Å². The molecule has 0 saturated heterocycles. The molecule has 0 heterocycles. The van der Waals surface area contributed by atoms with E-state index in [1.807, 2.05) is 0 Å². The number of carbonyl (C=O) groups is 2. The van der Waals surface area contributed by atoms with Crippen LogP contribution in [0.1, 0.15) is 6.42 Å². The molecule has 0 radical (unpaired) electrons. The molecular formula is C6H7IO4. The van der Waals surface area contributed by atoms with Gasteiger partial charge >= 0.3 is 11.9 Å². The van der Waals surface area contributed by atoms with Gasteiger partial charge in [0, 0.05) is 6.42 Å². The van der Waals surface area contributed by atoms with E-state index in [0.717, 1.165) is 0 Å². The summed E-state index contributed by atoms with van der Waals surface area (Å²) in [4.78, 5) is 20.8. The second kappa shape index (κ2) is 3.70. The summed E-state index contributed by atoms with van der Waals surface area (Å²) in [5.41, 5.74) is 0. The Labute approximate surface area is 77.0 Å². The first-order valence-corrected chi connectivity index (χ1v) is 3.79. The summed E-state index contributed by atoms with van der Waals surface area (Å²) in [5.74, 6) is -2.71. The molecule has 0 aliphatic rings. The molecule has 62 valence electrons. The zero-order chi connectivity index (χ0) is 9.07. The first-order valence-electron chi connectivity index (χ1n) is 2.71. The van der Waals surface area contributed by atoms with Crippen LogP contribution in [0.3, 0.4) is 0 Å². The molecule has 0 fully saturated rings. The molecule has 0 aromatic rings. The van der Waals surface area contributed by atoms with Gasteiger partial charge in [-0.25, -0.2) is 0 Å². The Hall–Kier alpha value is -0.590. The summed E-state index contributed by atoms with van der Waals surface area (Å²) < 4.78 is -1.76. The zero-order valence-corrected chi connectivity index (χ0v) is 7.74. The van der Waals surface area contributed by atoms with E-state index in [4.69, 9.17) is 10.2 Å². The summed E-state index contributed by atoms with van der Waals surface area (Å²) in [5, 5.41) is 17.0. The molecule has 0 atom stereocenters. The van der Waals surface area contributed by atoms with E-state index in [1.165, 1.54) is 28.7 Å². The molecule has 0 aliphatic carbocycles. The molecule has 0 bridgehead atoms. The van der Waals surface area contributed by atoms with Gasteiger partial charge in [-0.05, 0) is 0 Å². The van der Waals surface area contributed by atoms with Crippen LogP contribution < -0.4 is 0 Å². The Balaban J connectivity index is 4.65. The van der Waals surface area contributed by atoms with E-state index in [0.29, 0.717) is 0 Å². The predicted molar refractivity (Wildman–Crippen MR) is 46.8 cm³/mol. The maximum absolute atomic E-state index is 10.4. The largest absolute Gasteiger partial charge is 0.480 e. The van der Waals surface area contributed by atoms with Crippen molar-refractivity contribution < 1.29 is 19.8 Å². The highest BCUT2D eigenvalue weighted by Gasteiger charge is 2.42. The van der Waals surface area contributed by atoms with Crippen molar-refractivity contribution in [2.24, 2.45) is 0 Å². The number of hydrogen-bond donors (Lipinski definition) is 2. The molecule has 0 aromatic heterocycles. The number of allylic oxidation sites excluding steroid dienone is 1. The van der Waals surface area contributed by atoms with E-state index in [-0.39, 0.29) is 6.42 Å². The average Bonchev–Trinajstić information content (AvgIpc) is 1.87. The van der Waals surface area contributed by atoms with Gasteiger partial charge in [-0.2, -0.15) is 0 Å². The molecule has 0 saturated carbocycles. The van der Waals surface area contributed by atoms with Gasteiger partial charge in [0.05, 0.1) is 0 Å². The molecule has 11 heavy (non-hydrogen) atoms. The van der Waals surface area contributed by atoms with E-state index < -0.39 is 15.4 Å². The van der Waals surface area contributed by atoms with Crippen LogP contribution in [-0.2, 0) is 9.59 Å². The summed E-state index contributed by atoms with van der Waals surface area (Å²) in [6.07, 6.45) is 1.19. The second-order valence-corrected chi connectivity index (χ2v) is 3.75. The third-order valence-electron chi connectivity index (χ3n) is 1.10. The first kappa shape index (κ1) is 10.4. The van der Waals surface area contributed by atoms with E-state index in [9.17, 15) is 9.59 Å². The van der Waals surface area contributed by atoms with Gasteiger partial charge in [0.25, 0.3) is 0 Å². The maximum atomic E-state index is 10.4. The SMILES string of the molecule is C=CCC(I)(C(=O)O)C(=O)O. The molecule has 0 spiro atoms. The number of aliphatic carboxylic acids is 2. The molecular weight excluding hydrogens is 263 g/mol. The van der Waals surface area contributed by atoms with Gasteiger partial charge in [0.15, 0.2) is 0 Å². The van der Waals surface area contributed by atoms with Crippen molar-refractivity contribution in [2.45, 2.75) is 9.84 Å². The number of halogens is 1. The standard InChI is InChI=1S/C6H7IO4/c1-2-3-6(7,4(8)9)5(10)11/h2H,1,3H2,(H,8,9)(H,10,11). The average molecular weight is 270 g/mol. The smallest absolute Gasteiger partial charge is 0.331 e. The zero-order valence-electron chi connectivity index (χ0n) is 5.58. The van der Waals surface area contributed by atoms with Gasteiger partial charge in [-0.1, -0.05) is 28.7 Å². The predicted octanol–water partition coefficient (Wildman–Crippen LogP) is 0.905. The van der Waals surface area contributed by atoms with E-state index >= 15 is 0 Å². The maximum Gasteiger partial charge on any atom is 0.331 e. The Bertz CT molecular complexity index is 185. The van der Waals surface area contributed by atoms with Crippen LogP contribution >= 0.6 is 22.6 Å². The number of carboxylic acids is 2. The van der Waals surface area contributed by atoms with Crippen molar-refractivity contribution in [3.05, 3.63) is 12.7 Å². The third-order valence-corrected chi connectivity index (χ3v) is 2.47. The Morgan fingerprint density at radius 3 is 1.91 bits per heavy atom. The molecule has 0 aromatic carbocycles. The fraction of sp³-hybridized carbons (Fsp3) is 0.333. The second-order valence-electron chi connectivity index (χ2n) is 1.90. The summed E-state index contributed by atoms with van der Waals surface area (Å²) in [6.45, 7) is 3.28. The third kappa shape index (κ3) is 2.18. The van der Waals surface area contributed by atoms with Crippen LogP contribution in [0.5, 0.6) is 0 Å². The van der Waals surface area contributed by atoms with Crippen LogP contribution in [0.4, 0.5) is 0 Å². The number of hydrogen-bond acceptors (Lipinski definition) is 2. The molecule has 0 aliphatic heterocycles. The van der Waals surface area contributed by atoms with Gasteiger partial charge in [-0.15, -0.1) is 6.58 Å². The Morgan fingerprint density at radius 1 is 1.45 bits per heavy atom. The fourth-order valence-electron chi connectivity index (χ4n) is 0.465. The minimum atomic E-state index is -1.76. The van der Waals surface area contributed by atoms with Crippen molar-refractivity contribution in [1.82, 2.24) is 0 Å². The van der Waals surface area contributed by atoms with Crippen LogP contribution in [0.15, 0.2) is 12.7 Å². The van der Waals surface area contributed by atoms with Crippen molar-refractivity contribution in [2.75, 3.05) is 0 Å². The van der Waals surface area contributed by atoms with E-state index in [2.05, 4.69) is 6.58 Å². The van der Waals surface area contributed by atoms with Gasteiger partial charge in [0.1, 0.15) is 0 Å². The molecule has 2 N–H and O–H groups in total. The molecule has 4 nitrogen and oxygen atoms in total. The van der Waals surface area contributed by atoms with Crippen molar-refractivity contribution in [1.29, 1.82) is 0 Å². The lowest BCUT2D eigenvalue weighted by Crippen LogP contribution is -2.39. The highest BCUT2D eigenvalue weighted by Crippen LogP contribution is 2.24. The molecule has 5 heteroatoms. The quantitative estimate of drug-likeness (QED) is 0.344. The highest BCUT2D eigenvalue weighted by molar-refractivity contribution is 14.1. The van der Waals surface area contributed by atoms with E-state index in [1.54, 1.807) is 0 Å². The van der Waals surface area contributed by atoms with Crippen molar-refractivity contribution in [3.8, 4) is 0 Å². The van der Waals surface area contributed by atoms with Crippen LogP contribution in [-0.4, -0.2) is 25.6 Å². The Morgan fingerprint density at radius 2 is 1.82 bits per heavy atom. The monoisotopic (exact) mass is 270 g/mol. The minimum Gasteiger partial charge on any atom is -0.480 e. The Kier molecular flexibility index (Phi) is 3.50. The van der Waals surface area contributed by atoms with Crippen LogP contribution in [0.2, 0.25) is 0 Å². The van der Waals surface area contributed by atoms with Gasteiger partial charge < -0.3 is 10.2 Å². The molecule has 0 amide bonds. The first-order chi connectivity index (χ1) is 4.95. The lowest BCUT2D eigenvalue weighted by molar-refractivity contribution is -0.150. The summed E-state index contributed by atoms with van der Waals surface area (Å²) in [7, 11) is 0. The number of alkyl halides is 1. The van der Waals surface area contributed by atoms with Crippen molar-refractivity contribution >= 4 is 34.5 Å². The minimum absolute atomic E-state index is 0.0851. The normalized spacial score (nSPS) is 10.6. The number of carboxylic acid groups (broad SMARTS) is 2. The van der Waals surface area contributed by atoms with Crippen LogP contribution in [0.25, 0.3) is 0 Å². The molecule has 0 unspecified atom stereocenters. The summed E-state index contributed by atoms with van der Waals surface area (Å²) in [6, 6.07) is 0. The topological polar surface area (TPSA) is 74.6 Å². The summed E-state index contributed by atoms with van der Waals surface area (Å²) >= 11 is 1.38. The van der Waals surface area contributed by atoms with Crippen LogP contribution in [0, 0.1) is 0 Å².